The van der Waals surface area contributed by atoms with Crippen molar-refractivity contribution in [3.8, 4) is 0 Å². The first kappa shape index (κ1) is 28.3. The van der Waals surface area contributed by atoms with Crippen LogP contribution in [0.4, 0.5) is 5.69 Å². The van der Waals surface area contributed by atoms with E-state index in [1.54, 1.807) is 19.1 Å². The van der Waals surface area contributed by atoms with Gasteiger partial charge in [-0.05, 0) is 68.6 Å². The first-order valence-electron chi connectivity index (χ1n) is 14.0. The van der Waals surface area contributed by atoms with E-state index >= 15 is 0 Å². The molecule has 0 saturated heterocycles. The smallest absolute Gasteiger partial charge is 0.323 e. The quantitative estimate of drug-likeness (QED) is 0.412. The summed E-state index contributed by atoms with van der Waals surface area (Å²) in [5, 5.41) is 12.4. The van der Waals surface area contributed by atoms with Gasteiger partial charge in [0.15, 0.2) is 0 Å². The van der Waals surface area contributed by atoms with E-state index in [-0.39, 0.29) is 35.5 Å². The fourth-order valence-electron chi connectivity index (χ4n) is 6.09. The lowest BCUT2D eigenvalue weighted by Crippen LogP contribution is -2.51. The average molecular weight is 535 g/mol. The number of nitrogens with zero attached hydrogens (tertiary/aromatic N) is 1. The van der Waals surface area contributed by atoms with E-state index in [9.17, 15) is 24.3 Å². The highest BCUT2D eigenvalue weighted by Crippen LogP contribution is 2.37. The van der Waals surface area contributed by atoms with Crippen LogP contribution in [0.2, 0.25) is 0 Å². The molecule has 1 saturated carbocycles. The first-order chi connectivity index (χ1) is 18.9. The van der Waals surface area contributed by atoms with Crippen LogP contribution in [-0.4, -0.2) is 48.1 Å². The van der Waals surface area contributed by atoms with E-state index in [1.807, 2.05) is 42.5 Å². The minimum atomic E-state index is -1.10. The van der Waals surface area contributed by atoms with Gasteiger partial charge in [0.05, 0.1) is 12.5 Å². The summed E-state index contributed by atoms with van der Waals surface area (Å²) in [5.74, 6) is -2.19. The van der Waals surface area contributed by atoms with Crippen molar-refractivity contribution in [2.24, 2.45) is 11.8 Å². The van der Waals surface area contributed by atoms with Crippen LogP contribution >= 0.6 is 0 Å². The normalized spacial score (nSPS) is 21.5. The zero-order chi connectivity index (χ0) is 27.8. The number of aryl methyl sites for hydroxylation is 1. The molecule has 1 aliphatic heterocycles. The maximum atomic E-state index is 13.4. The van der Waals surface area contributed by atoms with Gasteiger partial charge in [0.25, 0.3) is 0 Å². The predicted molar refractivity (Wildman–Crippen MR) is 147 cm³/mol. The van der Waals surface area contributed by atoms with Crippen molar-refractivity contribution in [1.82, 2.24) is 5.32 Å². The average Bonchev–Trinajstić information content (AvgIpc) is 3.36. The van der Waals surface area contributed by atoms with Crippen LogP contribution in [0.5, 0.6) is 0 Å². The van der Waals surface area contributed by atoms with Crippen LogP contribution in [0.1, 0.15) is 68.9 Å². The molecule has 0 spiro atoms. The lowest BCUT2D eigenvalue weighted by molar-refractivity contribution is -0.145. The first-order valence-corrected chi connectivity index (χ1v) is 14.0. The zero-order valence-electron chi connectivity index (χ0n) is 22.5. The molecular weight excluding hydrogens is 496 g/mol. The van der Waals surface area contributed by atoms with Gasteiger partial charge in [0.2, 0.25) is 11.8 Å². The Bertz CT molecular complexity index is 1170. The highest BCUT2D eigenvalue weighted by atomic mass is 16.5. The van der Waals surface area contributed by atoms with Crippen molar-refractivity contribution in [3.05, 3.63) is 65.7 Å². The molecule has 1 heterocycles. The Morgan fingerprint density at radius 3 is 2.54 bits per heavy atom. The van der Waals surface area contributed by atoms with Crippen molar-refractivity contribution < 1.29 is 29.0 Å². The van der Waals surface area contributed by atoms with Gasteiger partial charge in [-0.15, -0.1) is 0 Å². The molecule has 4 atom stereocenters. The summed E-state index contributed by atoms with van der Waals surface area (Å²) in [6.45, 7) is 1.69. The second-order valence-electron chi connectivity index (χ2n) is 10.5. The maximum absolute atomic E-state index is 13.4. The molecule has 1 aliphatic carbocycles. The summed E-state index contributed by atoms with van der Waals surface area (Å²) < 4.78 is 5.33. The van der Waals surface area contributed by atoms with Gasteiger partial charge in [-0.25, -0.2) is 0 Å². The van der Waals surface area contributed by atoms with Gasteiger partial charge < -0.3 is 15.2 Å². The third-order valence-electron chi connectivity index (χ3n) is 8.00. The van der Waals surface area contributed by atoms with E-state index in [1.165, 1.54) is 4.90 Å². The van der Waals surface area contributed by atoms with Gasteiger partial charge in [0.1, 0.15) is 12.6 Å². The predicted octanol–water partition coefficient (Wildman–Crippen LogP) is 4.47. The molecule has 8 nitrogen and oxygen atoms in total. The van der Waals surface area contributed by atoms with Crippen molar-refractivity contribution in [1.29, 1.82) is 0 Å². The standard InChI is InChI=1S/C31H38N2O6/c1-2-39-31(38)25(22-10-4-3-5-11-22)16-9-14-21-13-8-15-24(21)29(36)32-26-19-18-23-12-6-7-17-27(23)33(30(26)37)20-28(34)35/h3-7,10-12,17,21,24-26H,2,8-9,13-16,18-20H2,1H3,(H,32,36)(H,34,35)/t21?,24?,25?,26-/m1/s1. The number of aliphatic carboxylic acids is 1. The van der Waals surface area contributed by atoms with E-state index in [0.29, 0.717) is 31.6 Å². The van der Waals surface area contributed by atoms with Crippen LogP contribution in [0, 0.1) is 11.8 Å². The third kappa shape index (κ3) is 7.05. The Kier molecular flexibility index (Phi) is 9.74. The topological polar surface area (TPSA) is 113 Å². The zero-order valence-corrected chi connectivity index (χ0v) is 22.5. The van der Waals surface area contributed by atoms with Crippen LogP contribution in [0.25, 0.3) is 0 Å². The molecule has 0 bridgehead atoms. The number of ether oxygens (including phenoxy) is 1. The molecule has 4 rings (SSSR count). The number of hydrogen-bond donors (Lipinski definition) is 2. The summed E-state index contributed by atoms with van der Waals surface area (Å²) in [7, 11) is 0. The van der Waals surface area contributed by atoms with Crippen molar-refractivity contribution in [2.75, 3.05) is 18.1 Å². The lowest BCUT2D eigenvalue weighted by atomic mass is 9.86. The number of anilines is 1. The number of carboxylic acid groups (broad SMARTS) is 1. The molecule has 2 aromatic rings. The molecule has 208 valence electrons. The summed E-state index contributed by atoms with van der Waals surface area (Å²) in [4.78, 5) is 52.2. The Morgan fingerprint density at radius 2 is 1.79 bits per heavy atom. The number of carbonyl (C=O) groups excluding carboxylic acids is 3. The minimum absolute atomic E-state index is 0.137. The highest BCUT2D eigenvalue weighted by molar-refractivity contribution is 6.03. The molecule has 8 heteroatoms. The molecule has 0 radical (unpaired) electrons. The number of rotatable bonds is 11. The van der Waals surface area contributed by atoms with Gasteiger partial charge in [0, 0.05) is 11.6 Å². The number of benzene rings is 2. The second kappa shape index (κ2) is 13.4. The SMILES string of the molecule is CCOC(=O)C(CCCC1CCCC1C(=O)N[C@@H]1CCc2ccccc2N(CC(=O)O)C1=O)c1ccccc1. The Labute approximate surface area is 229 Å². The fourth-order valence-corrected chi connectivity index (χ4v) is 6.09. The molecular formula is C31H38N2O6. The molecule has 2 amide bonds. The van der Waals surface area contributed by atoms with Gasteiger partial charge in [-0.3, -0.25) is 24.1 Å². The Hall–Kier alpha value is -3.68. The van der Waals surface area contributed by atoms with Crippen molar-refractivity contribution in [3.63, 3.8) is 0 Å². The molecule has 39 heavy (non-hydrogen) atoms. The Balaban J connectivity index is 1.38. The molecule has 0 aromatic heterocycles. The number of hydrogen-bond acceptors (Lipinski definition) is 5. The fraction of sp³-hybridized carbons (Fsp3) is 0.484. The summed E-state index contributed by atoms with van der Waals surface area (Å²) in [6.07, 6.45) is 5.89. The third-order valence-corrected chi connectivity index (χ3v) is 8.00. The highest BCUT2D eigenvalue weighted by Gasteiger charge is 2.37. The molecule has 3 unspecified atom stereocenters. The number of fused-ring (bicyclic) bond motifs is 1. The Morgan fingerprint density at radius 1 is 1.05 bits per heavy atom. The number of amides is 2. The summed E-state index contributed by atoms with van der Waals surface area (Å²) in [6, 6.07) is 16.2. The number of carboxylic acids is 1. The number of nitrogens with one attached hydrogen (secondary N) is 1. The lowest BCUT2D eigenvalue weighted by Gasteiger charge is -2.26. The molecule has 2 N–H and O–H groups in total. The van der Waals surface area contributed by atoms with Crippen LogP contribution in [0.3, 0.4) is 0 Å². The largest absolute Gasteiger partial charge is 0.480 e. The maximum Gasteiger partial charge on any atom is 0.323 e. The molecule has 1 fully saturated rings. The van der Waals surface area contributed by atoms with Crippen molar-refractivity contribution >= 4 is 29.4 Å². The number of carbonyl (C=O) groups is 4. The summed E-state index contributed by atoms with van der Waals surface area (Å²) >= 11 is 0. The van der Waals surface area contributed by atoms with E-state index in [0.717, 1.165) is 43.2 Å². The summed E-state index contributed by atoms with van der Waals surface area (Å²) in [5.41, 5.74) is 2.43. The van der Waals surface area contributed by atoms with E-state index in [2.05, 4.69) is 5.32 Å². The van der Waals surface area contributed by atoms with Crippen LogP contribution < -0.4 is 10.2 Å². The number of esters is 1. The van der Waals surface area contributed by atoms with Crippen LogP contribution in [0.15, 0.2) is 54.6 Å². The van der Waals surface area contributed by atoms with Gasteiger partial charge >= 0.3 is 11.9 Å². The van der Waals surface area contributed by atoms with Gasteiger partial charge in [-0.2, -0.15) is 0 Å². The monoisotopic (exact) mass is 534 g/mol. The van der Waals surface area contributed by atoms with E-state index in [4.69, 9.17) is 4.74 Å². The molecule has 2 aliphatic rings. The number of para-hydroxylation sites is 1. The van der Waals surface area contributed by atoms with E-state index < -0.39 is 18.6 Å². The van der Waals surface area contributed by atoms with Crippen molar-refractivity contribution in [2.45, 2.75) is 70.3 Å². The molecule has 2 aromatic carbocycles. The minimum Gasteiger partial charge on any atom is -0.480 e. The second-order valence-corrected chi connectivity index (χ2v) is 10.5. The van der Waals surface area contributed by atoms with Gasteiger partial charge in [-0.1, -0.05) is 61.4 Å². The van der Waals surface area contributed by atoms with Crippen LogP contribution in [-0.2, 0) is 30.3 Å².